The number of fused-ring (bicyclic) bond motifs is 3. The summed E-state index contributed by atoms with van der Waals surface area (Å²) in [5.41, 5.74) is 6.60. The van der Waals surface area contributed by atoms with Crippen LogP contribution in [0.1, 0.15) is 40.1 Å². The smallest absolute Gasteiger partial charge is 0.407 e. The lowest BCUT2D eigenvalue weighted by Gasteiger charge is -2.20. The predicted molar refractivity (Wildman–Crippen MR) is 118 cm³/mol. The Hall–Kier alpha value is -3.22. The number of aromatic nitrogens is 1. The summed E-state index contributed by atoms with van der Waals surface area (Å²) in [4.78, 5) is 16.6. The molecule has 1 aliphatic rings. The molecule has 2 unspecified atom stereocenters. The van der Waals surface area contributed by atoms with E-state index in [9.17, 15) is 15.0 Å². The third kappa shape index (κ3) is 4.31. The van der Waals surface area contributed by atoms with Crippen molar-refractivity contribution in [2.75, 3.05) is 13.2 Å². The zero-order chi connectivity index (χ0) is 22.0. The number of alkyl carbamates (subject to hydrolysis) is 1. The van der Waals surface area contributed by atoms with Gasteiger partial charge in [-0.1, -0.05) is 54.6 Å². The number of carbonyl (C=O) groups excluding carboxylic acids is 1. The van der Waals surface area contributed by atoms with E-state index in [4.69, 9.17) is 4.74 Å². The minimum Gasteiger partial charge on any atom is -0.449 e. The summed E-state index contributed by atoms with van der Waals surface area (Å²) < 4.78 is 5.46. The third-order valence-electron chi connectivity index (χ3n) is 5.75. The highest BCUT2D eigenvalue weighted by atomic mass is 16.5. The number of benzene rings is 2. The average molecular weight is 418 g/mol. The molecule has 3 N–H and O–H groups in total. The first-order chi connectivity index (χ1) is 15.0. The van der Waals surface area contributed by atoms with Gasteiger partial charge in [0.1, 0.15) is 18.8 Å². The Balaban J connectivity index is 1.35. The number of amides is 1. The largest absolute Gasteiger partial charge is 0.449 e. The molecule has 1 aliphatic carbocycles. The molecule has 2 aromatic carbocycles. The van der Waals surface area contributed by atoms with Gasteiger partial charge in [0.2, 0.25) is 0 Å². The number of nitrogens with one attached hydrogen (secondary N) is 1. The van der Waals surface area contributed by atoms with Crippen molar-refractivity contribution in [1.29, 1.82) is 0 Å². The number of aliphatic hydroxyl groups is 2. The fourth-order valence-corrected chi connectivity index (χ4v) is 4.17. The first-order valence-corrected chi connectivity index (χ1v) is 10.3. The maximum Gasteiger partial charge on any atom is 0.407 e. The maximum atomic E-state index is 12.3. The summed E-state index contributed by atoms with van der Waals surface area (Å²) in [6, 6.07) is 19.7. The molecule has 3 aromatic rings. The van der Waals surface area contributed by atoms with E-state index >= 15 is 0 Å². The molecular formula is C25H26N2O4. The number of hydrogen-bond acceptors (Lipinski definition) is 5. The Morgan fingerprint density at radius 3 is 2.23 bits per heavy atom. The summed E-state index contributed by atoms with van der Waals surface area (Å²) in [5, 5.41) is 23.3. The molecule has 0 saturated carbocycles. The van der Waals surface area contributed by atoms with E-state index in [1.165, 1.54) is 0 Å². The second kappa shape index (κ2) is 8.88. The number of ether oxygens (including phenoxy) is 1. The van der Waals surface area contributed by atoms with E-state index < -0.39 is 18.3 Å². The molecule has 31 heavy (non-hydrogen) atoms. The van der Waals surface area contributed by atoms with Crippen molar-refractivity contribution in [3.8, 4) is 11.1 Å². The summed E-state index contributed by atoms with van der Waals surface area (Å²) >= 11 is 0. The van der Waals surface area contributed by atoms with E-state index in [0.29, 0.717) is 11.3 Å². The normalized spacial score (nSPS) is 14.5. The van der Waals surface area contributed by atoms with Gasteiger partial charge in [-0.15, -0.1) is 0 Å². The predicted octanol–water partition coefficient (Wildman–Crippen LogP) is 3.63. The van der Waals surface area contributed by atoms with E-state index in [1.54, 1.807) is 19.1 Å². The van der Waals surface area contributed by atoms with Crippen LogP contribution in [-0.2, 0) is 4.74 Å². The van der Waals surface area contributed by atoms with Crippen LogP contribution in [0.15, 0.2) is 60.7 Å². The fourth-order valence-electron chi connectivity index (χ4n) is 4.17. The number of carbonyl (C=O) groups is 1. The number of pyridine rings is 1. The van der Waals surface area contributed by atoms with E-state index in [1.807, 2.05) is 31.2 Å². The minimum absolute atomic E-state index is 0.0325. The van der Waals surface area contributed by atoms with Gasteiger partial charge in [0.15, 0.2) is 0 Å². The van der Waals surface area contributed by atoms with Gasteiger partial charge >= 0.3 is 6.09 Å². The Labute approximate surface area is 181 Å². The van der Waals surface area contributed by atoms with Crippen LogP contribution in [0, 0.1) is 13.8 Å². The van der Waals surface area contributed by atoms with Crippen LogP contribution in [0.3, 0.4) is 0 Å². The van der Waals surface area contributed by atoms with Crippen molar-refractivity contribution in [1.82, 2.24) is 10.3 Å². The summed E-state index contributed by atoms with van der Waals surface area (Å²) in [6.45, 7) is 3.69. The summed E-state index contributed by atoms with van der Waals surface area (Å²) in [7, 11) is 0. The molecule has 0 bridgehead atoms. The molecular weight excluding hydrogens is 392 g/mol. The Morgan fingerprint density at radius 1 is 1.00 bits per heavy atom. The van der Waals surface area contributed by atoms with Gasteiger partial charge in [0, 0.05) is 29.4 Å². The zero-order valence-corrected chi connectivity index (χ0v) is 17.6. The molecule has 2 atom stereocenters. The highest BCUT2D eigenvalue weighted by Gasteiger charge is 2.29. The fraction of sp³-hybridized carbons (Fsp3) is 0.280. The van der Waals surface area contributed by atoms with Crippen LogP contribution < -0.4 is 5.32 Å². The summed E-state index contributed by atoms with van der Waals surface area (Å²) in [6.07, 6.45) is -2.96. The number of hydrogen-bond donors (Lipinski definition) is 3. The zero-order valence-electron chi connectivity index (χ0n) is 17.6. The molecule has 6 heteroatoms. The molecule has 0 fully saturated rings. The standard InChI is InChI=1S/C25H26N2O4/c1-15-11-12-17(16(2)27-15)24(29)23(28)13-26-25(30)31-14-22-20-9-5-3-7-18(20)19-8-4-6-10-21(19)22/h3-12,22-24,28-29H,13-14H2,1-2H3,(H,26,30). The van der Waals surface area contributed by atoms with Crippen LogP contribution >= 0.6 is 0 Å². The van der Waals surface area contributed by atoms with Crippen molar-refractivity contribution in [3.05, 3.63) is 88.7 Å². The molecule has 0 saturated heterocycles. The molecule has 160 valence electrons. The van der Waals surface area contributed by atoms with Crippen molar-refractivity contribution in [3.63, 3.8) is 0 Å². The lowest BCUT2D eigenvalue weighted by molar-refractivity contribution is 0.0179. The lowest BCUT2D eigenvalue weighted by atomic mass is 9.98. The van der Waals surface area contributed by atoms with Crippen LogP contribution in [0.25, 0.3) is 11.1 Å². The Bertz CT molecular complexity index is 1050. The van der Waals surface area contributed by atoms with Gasteiger partial charge in [-0.3, -0.25) is 4.98 Å². The van der Waals surface area contributed by atoms with E-state index in [2.05, 4.69) is 34.6 Å². The van der Waals surface area contributed by atoms with Crippen LogP contribution in [0.4, 0.5) is 4.79 Å². The first kappa shape index (κ1) is 21.0. The van der Waals surface area contributed by atoms with Gasteiger partial charge in [-0.25, -0.2) is 4.79 Å². The number of nitrogens with zero attached hydrogens (tertiary/aromatic N) is 1. The van der Waals surface area contributed by atoms with Crippen molar-refractivity contribution in [2.45, 2.75) is 32.0 Å². The lowest BCUT2D eigenvalue weighted by Crippen LogP contribution is -2.36. The molecule has 1 heterocycles. The molecule has 1 amide bonds. The Morgan fingerprint density at radius 2 is 1.61 bits per heavy atom. The van der Waals surface area contributed by atoms with Gasteiger partial charge in [-0.2, -0.15) is 0 Å². The van der Waals surface area contributed by atoms with E-state index in [-0.39, 0.29) is 19.1 Å². The second-order valence-electron chi connectivity index (χ2n) is 7.85. The second-order valence-corrected chi connectivity index (χ2v) is 7.85. The monoisotopic (exact) mass is 418 g/mol. The number of rotatable bonds is 6. The topological polar surface area (TPSA) is 91.7 Å². The first-order valence-electron chi connectivity index (χ1n) is 10.3. The van der Waals surface area contributed by atoms with Crippen molar-refractivity contribution < 1.29 is 19.7 Å². The van der Waals surface area contributed by atoms with Crippen LogP contribution in [0.2, 0.25) is 0 Å². The summed E-state index contributed by atoms with van der Waals surface area (Å²) in [5.74, 6) is -0.0325. The molecule has 0 spiro atoms. The SMILES string of the molecule is Cc1ccc(C(O)C(O)CNC(=O)OCC2c3ccccc3-c3ccccc32)c(C)n1. The molecule has 0 radical (unpaired) electrons. The third-order valence-corrected chi connectivity index (χ3v) is 5.75. The average Bonchev–Trinajstić information content (AvgIpc) is 3.09. The molecule has 0 aliphatic heterocycles. The van der Waals surface area contributed by atoms with Gasteiger partial charge in [0.25, 0.3) is 0 Å². The highest BCUT2D eigenvalue weighted by molar-refractivity contribution is 5.79. The van der Waals surface area contributed by atoms with Crippen molar-refractivity contribution >= 4 is 6.09 Å². The van der Waals surface area contributed by atoms with Gasteiger partial charge in [-0.05, 0) is 42.2 Å². The Kier molecular flexibility index (Phi) is 6.02. The molecule has 6 nitrogen and oxygen atoms in total. The van der Waals surface area contributed by atoms with E-state index in [0.717, 1.165) is 27.9 Å². The van der Waals surface area contributed by atoms with Crippen LogP contribution in [0.5, 0.6) is 0 Å². The van der Waals surface area contributed by atoms with Crippen molar-refractivity contribution in [2.24, 2.45) is 0 Å². The quantitative estimate of drug-likeness (QED) is 0.569. The maximum absolute atomic E-state index is 12.3. The molecule has 1 aromatic heterocycles. The number of aryl methyl sites for hydroxylation is 2. The van der Waals surface area contributed by atoms with Gasteiger partial charge in [0.05, 0.1) is 0 Å². The van der Waals surface area contributed by atoms with Crippen LogP contribution in [-0.4, -0.2) is 40.5 Å². The highest BCUT2D eigenvalue weighted by Crippen LogP contribution is 2.44. The minimum atomic E-state index is -1.18. The van der Waals surface area contributed by atoms with Gasteiger partial charge < -0.3 is 20.3 Å². The number of aliphatic hydroxyl groups excluding tert-OH is 2. The molecule has 4 rings (SSSR count).